The summed E-state index contributed by atoms with van der Waals surface area (Å²) in [6.45, 7) is 8.09. The Hall–Kier alpha value is -3.21. The minimum absolute atomic E-state index is 0.202. The Morgan fingerprint density at radius 3 is 2.38 bits per heavy atom. The molecule has 11 heteroatoms. The summed E-state index contributed by atoms with van der Waals surface area (Å²) < 4.78 is 34.7. The molecule has 11 nitrogen and oxygen atoms in total. The van der Waals surface area contributed by atoms with Gasteiger partial charge in [0.15, 0.2) is 5.60 Å². The van der Waals surface area contributed by atoms with Crippen LogP contribution in [0.15, 0.2) is 23.0 Å². The molecule has 9 unspecified atom stereocenters. The lowest BCUT2D eigenvalue weighted by Crippen LogP contribution is -2.67. The van der Waals surface area contributed by atoms with Crippen molar-refractivity contribution in [2.75, 3.05) is 7.11 Å². The van der Waals surface area contributed by atoms with Gasteiger partial charge in [-0.05, 0) is 25.8 Å². The zero-order valence-corrected chi connectivity index (χ0v) is 22.7. The lowest BCUT2D eigenvalue weighted by Gasteiger charge is -2.52. The predicted octanol–water partition coefficient (Wildman–Crippen LogP) is 2.45. The van der Waals surface area contributed by atoms with Crippen molar-refractivity contribution in [2.45, 2.75) is 83.4 Å². The maximum absolute atomic E-state index is 14.6. The summed E-state index contributed by atoms with van der Waals surface area (Å²) in [7, 11) is 1.19. The average molecular weight is 545 g/mol. The van der Waals surface area contributed by atoms with E-state index in [1.54, 1.807) is 26.8 Å². The molecule has 6 rings (SSSR count). The number of hydrogen-bond donors (Lipinski definition) is 0. The molecule has 2 saturated carbocycles. The Bertz CT molecular complexity index is 1300. The summed E-state index contributed by atoms with van der Waals surface area (Å²) in [5, 5.41) is 0. The van der Waals surface area contributed by atoms with E-state index < -0.39 is 81.5 Å². The molecule has 1 spiro atoms. The monoisotopic (exact) mass is 544 g/mol. The van der Waals surface area contributed by atoms with Gasteiger partial charge in [0.2, 0.25) is 6.10 Å². The molecule has 2 aliphatic carbocycles. The Morgan fingerprint density at radius 2 is 1.77 bits per heavy atom. The molecule has 1 aromatic heterocycles. The lowest BCUT2D eigenvalue weighted by atomic mass is 9.48. The minimum Gasteiger partial charge on any atom is -0.472 e. The highest BCUT2D eigenvalue weighted by Gasteiger charge is 2.88. The second kappa shape index (κ2) is 7.71. The van der Waals surface area contributed by atoms with E-state index in [9.17, 15) is 24.0 Å². The number of esters is 4. The molecule has 9 atom stereocenters. The number of rotatable bonds is 3. The number of carbonyl (C=O) groups excluding carboxylic acids is 5. The van der Waals surface area contributed by atoms with Crippen LogP contribution in [0.2, 0.25) is 0 Å². The molecular formula is C28H32O11. The van der Waals surface area contributed by atoms with Crippen molar-refractivity contribution in [2.24, 2.45) is 28.1 Å². The third-order valence-corrected chi connectivity index (χ3v) is 10.5. The number of fused-ring (bicyclic) bond motifs is 4. The SMILES string of the molecule is COC(=O)C1OC(=O)C2(C)C3OC45CC(=O)OC(c6ccoc6)C4(C)CCC5(OC(C)=O)C3C(=O)C(C)(C)C12. The van der Waals surface area contributed by atoms with Gasteiger partial charge in [-0.15, -0.1) is 0 Å². The van der Waals surface area contributed by atoms with E-state index in [0.29, 0.717) is 12.0 Å². The van der Waals surface area contributed by atoms with E-state index in [2.05, 4.69) is 0 Å². The largest absolute Gasteiger partial charge is 0.472 e. The average Bonchev–Trinajstić information content (AvgIpc) is 3.59. The number of ketones is 1. The highest BCUT2D eigenvalue weighted by molar-refractivity contribution is 5.98. The molecular weight excluding hydrogens is 512 g/mol. The normalized spacial score (nSPS) is 45.4. The summed E-state index contributed by atoms with van der Waals surface area (Å²) in [5.74, 6) is -5.06. The van der Waals surface area contributed by atoms with Crippen molar-refractivity contribution >= 4 is 29.7 Å². The van der Waals surface area contributed by atoms with Gasteiger partial charge in [0.25, 0.3) is 0 Å². The summed E-state index contributed by atoms with van der Waals surface area (Å²) in [5.41, 5.74) is -6.19. The number of ether oxygens (including phenoxy) is 5. The van der Waals surface area contributed by atoms with Gasteiger partial charge in [-0.25, -0.2) is 4.79 Å². The van der Waals surface area contributed by atoms with Gasteiger partial charge in [0.1, 0.15) is 22.9 Å². The molecule has 4 heterocycles. The highest BCUT2D eigenvalue weighted by atomic mass is 16.6. The van der Waals surface area contributed by atoms with E-state index in [1.165, 1.54) is 26.6 Å². The van der Waals surface area contributed by atoms with Crippen LogP contribution in [0.4, 0.5) is 0 Å². The van der Waals surface area contributed by atoms with Crippen molar-refractivity contribution in [1.82, 2.24) is 0 Å². The molecule has 0 radical (unpaired) electrons. The molecule has 0 amide bonds. The van der Waals surface area contributed by atoms with Gasteiger partial charge in [-0.1, -0.05) is 20.8 Å². The fraction of sp³-hybridized carbons (Fsp3) is 0.679. The van der Waals surface area contributed by atoms with Crippen LogP contribution in [0.1, 0.15) is 65.5 Å². The molecule has 1 aromatic rings. The number of methoxy groups -OCH3 is 1. The molecule has 210 valence electrons. The number of furan rings is 1. The van der Waals surface area contributed by atoms with E-state index in [-0.39, 0.29) is 18.6 Å². The second-order valence-electron chi connectivity index (χ2n) is 12.5. The van der Waals surface area contributed by atoms with Crippen LogP contribution in [0, 0.1) is 28.1 Å². The molecule has 3 aliphatic heterocycles. The van der Waals surface area contributed by atoms with Gasteiger partial charge in [-0.3, -0.25) is 19.2 Å². The Labute approximate surface area is 224 Å². The van der Waals surface area contributed by atoms with Crippen LogP contribution in [-0.2, 0) is 47.7 Å². The molecule has 3 saturated heterocycles. The van der Waals surface area contributed by atoms with Crippen LogP contribution >= 0.6 is 0 Å². The highest BCUT2D eigenvalue weighted by Crippen LogP contribution is 2.75. The topological polar surface area (TPSA) is 145 Å². The first-order chi connectivity index (χ1) is 18.2. The maximum atomic E-state index is 14.6. The second-order valence-corrected chi connectivity index (χ2v) is 12.5. The maximum Gasteiger partial charge on any atom is 0.347 e. The van der Waals surface area contributed by atoms with E-state index in [4.69, 9.17) is 28.1 Å². The first-order valence-electron chi connectivity index (χ1n) is 13.1. The smallest absolute Gasteiger partial charge is 0.347 e. The minimum atomic E-state index is -1.56. The number of hydrogen-bond acceptors (Lipinski definition) is 11. The standard InChI is InChI=1S/C28H32O11/c1-13(29)38-27-9-8-25(4)20(14-7-10-35-12-14)36-15(30)11-28(25,27)39-21-16(27)19(31)24(2,3)18-17(22(32)34-6)37-23(33)26(18,21)5/h7,10,12,16-18,20-21H,8-9,11H2,1-6H3. The summed E-state index contributed by atoms with van der Waals surface area (Å²) in [6, 6.07) is 1.69. The molecule has 39 heavy (non-hydrogen) atoms. The lowest BCUT2D eigenvalue weighted by molar-refractivity contribution is -0.250. The van der Waals surface area contributed by atoms with Crippen molar-refractivity contribution in [3.8, 4) is 0 Å². The van der Waals surface area contributed by atoms with Gasteiger partial charge >= 0.3 is 23.9 Å². The van der Waals surface area contributed by atoms with Gasteiger partial charge in [0, 0.05) is 29.2 Å². The summed E-state index contributed by atoms with van der Waals surface area (Å²) in [6.07, 6.45) is -0.0152. The molecule has 5 fully saturated rings. The van der Waals surface area contributed by atoms with Crippen LogP contribution in [0.25, 0.3) is 0 Å². The molecule has 0 aromatic carbocycles. The van der Waals surface area contributed by atoms with Crippen LogP contribution in [0.5, 0.6) is 0 Å². The fourth-order valence-electron chi connectivity index (χ4n) is 8.90. The van der Waals surface area contributed by atoms with Crippen LogP contribution in [0.3, 0.4) is 0 Å². The Morgan fingerprint density at radius 1 is 1.05 bits per heavy atom. The van der Waals surface area contributed by atoms with Gasteiger partial charge in [0.05, 0.1) is 38.1 Å². The van der Waals surface area contributed by atoms with E-state index in [1.807, 2.05) is 6.92 Å². The van der Waals surface area contributed by atoms with Crippen molar-refractivity contribution in [3.05, 3.63) is 24.2 Å². The van der Waals surface area contributed by atoms with Gasteiger partial charge < -0.3 is 28.1 Å². The van der Waals surface area contributed by atoms with Crippen LogP contribution in [-0.4, -0.2) is 60.2 Å². The molecule has 0 bridgehead atoms. The molecule has 5 aliphatic rings. The van der Waals surface area contributed by atoms with Crippen molar-refractivity contribution < 1.29 is 52.1 Å². The molecule has 0 N–H and O–H groups in total. The quantitative estimate of drug-likeness (QED) is 0.409. The van der Waals surface area contributed by atoms with E-state index >= 15 is 0 Å². The zero-order valence-electron chi connectivity index (χ0n) is 22.7. The first kappa shape index (κ1) is 26.0. The first-order valence-corrected chi connectivity index (χ1v) is 13.1. The summed E-state index contributed by atoms with van der Waals surface area (Å²) >= 11 is 0. The number of cyclic esters (lactones) is 2. The Balaban J connectivity index is 1.59. The third kappa shape index (κ3) is 2.79. The third-order valence-electron chi connectivity index (χ3n) is 10.5. The number of Topliss-reactive ketones (excluding diaryl/α,β-unsaturated/α-hetero) is 1. The van der Waals surface area contributed by atoms with Crippen LogP contribution < -0.4 is 0 Å². The van der Waals surface area contributed by atoms with Gasteiger partial charge in [-0.2, -0.15) is 0 Å². The zero-order chi connectivity index (χ0) is 28.3. The summed E-state index contributed by atoms with van der Waals surface area (Å²) in [4.78, 5) is 67.0. The van der Waals surface area contributed by atoms with Crippen molar-refractivity contribution in [1.29, 1.82) is 0 Å². The predicted molar refractivity (Wildman–Crippen MR) is 127 cm³/mol. The van der Waals surface area contributed by atoms with Crippen molar-refractivity contribution in [3.63, 3.8) is 0 Å². The van der Waals surface area contributed by atoms with E-state index in [0.717, 1.165) is 0 Å². The Kier molecular flexibility index (Phi) is 5.15. The fourth-order valence-corrected chi connectivity index (χ4v) is 8.90. The number of carbonyl (C=O) groups is 5.